The van der Waals surface area contributed by atoms with Crippen molar-refractivity contribution < 1.29 is 50.0 Å². The first-order valence-corrected chi connectivity index (χ1v) is 24.7. The van der Waals surface area contributed by atoms with Crippen molar-refractivity contribution in [3.63, 3.8) is 0 Å². The topological polar surface area (TPSA) is 189 Å². The molecule has 0 aliphatic carbocycles. The molecule has 9 atom stereocenters. The van der Waals surface area contributed by atoms with Crippen molar-refractivity contribution in [1.82, 2.24) is 5.32 Å². The van der Waals surface area contributed by atoms with Crippen molar-refractivity contribution in [2.75, 3.05) is 13.2 Å². The van der Waals surface area contributed by atoms with E-state index in [1.165, 1.54) is 109 Å². The Morgan fingerprint density at radius 3 is 1.48 bits per heavy atom. The smallest absolute Gasteiger partial charge is 0.249 e. The molecule has 1 aliphatic heterocycles. The number of ether oxygens (including phenoxy) is 2. The fraction of sp³-hybridized carbons (Fsp3) is 0.898. The largest absolute Gasteiger partial charge is 0.394 e. The van der Waals surface area contributed by atoms with Crippen LogP contribution in [0.2, 0.25) is 0 Å². The zero-order valence-electron chi connectivity index (χ0n) is 38.2. The maximum atomic E-state index is 13.1. The van der Waals surface area contributed by atoms with Crippen LogP contribution in [0.3, 0.4) is 0 Å². The molecule has 1 amide bonds. The van der Waals surface area contributed by atoms with Gasteiger partial charge in [-0.2, -0.15) is 0 Å². The van der Waals surface area contributed by atoms with Crippen molar-refractivity contribution in [2.24, 2.45) is 0 Å². The summed E-state index contributed by atoms with van der Waals surface area (Å²) in [5, 5.41) is 75.7. The van der Waals surface area contributed by atoms with Gasteiger partial charge in [-0.3, -0.25) is 4.79 Å². The van der Waals surface area contributed by atoms with Crippen LogP contribution in [0, 0.1) is 0 Å². The van der Waals surface area contributed by atoms with Crippen LogP contribution in [0.15, 0.2) is 24.3 Å². The Labute approximate surface area is 365 Å². The molecule has 11 nitrogen and oxygen atoms in total. The minimum Gasteiger partial charge on any atom is -0.394 e. The molecule has 1 rings (SSSR count). The van der Waals surface area contributed by atoms with Crippen molar-refractivity contribution in [2.45, 2.75) is 268 Å². The van der Waals surface area contributed by atoms with E-state index in [1.54, 1.807) is 0 Å². The Balaban J connectivity index is 2.38. The van der Waals surface area contributed by atoms with Gasteiger partial charge in [0.25, 0.3) is 0 Å². The first-order chi connectivity index (χ1) is 29.2. The van der Waals surface area contributed by atoms with E-state index >= 15 is 0 Å². The van der Waals surface area contributed by atoms with Crippen LogP contribution in [0.4, 0.5) is 0 Å². The fourth-order valence-electron chi connectivity index (χ4n) is 7.88. The molecule has 9 unspecified atom stereocenters. The van der Waals surface area contributed by atoms with Gasteiger partial charge in [-0.15, -0.1) is 0 Å². The highest BCUT2D eigenvalue weighted by molar-refractivity contribution is 5.80. The molecule has 1 saturated heterocycles. The summed E-state index contributed by atoms with van der Waals surface area (Å²) in [5.74, 6) is -0.705. The van der Waals surface area contributed by atoms with E-state index in [1.807, 2.05) is 0 Å². The fourth-order valence-corrected chi connectivity index (χ4v) is 7.88. The van der Waals surface area contributed by atoms with E-state index in [0.717, 1.165) is 64.2 Å². The Kier molecular flexibility index (Phi) is 37.0. The number of carbonyl (C=O) groups is 1. The SMILES string of the molecule is CCCCCCCCCCC/C=C\C/C=C\CCCCCCCCC(O)C(=O)NC(COC1OC(CO)C(O)C(O)C1O)C(O)C(O)CCCCCCCCCCCCC. The summed E-state index contributed by atoms with van der Waals surface area (Å²) in [7, 11) is 0. The van der Waals surface area contributed by atoms with Gasteiger partial charge in [0.15, 0.2) is 6.29 Å². The maximum Gasteiger partial charge on any atom is 0.249 e. The lowest BCUT2D eigenvalue weighted by atomic mass is 9.98. The van der Waals surface area contributed by atoms with Crippen LogP contribution in [0.25, 0.3) is 0 Å². The molecule has 0 aromatic rings. The summed E-state index contributed by atoms with van der Waals surface area (Å²) in [6, 6.07) is -1.17. The molecule has 1 heterocycles. The van der Waals surface area contributed by atoms with Crippen molar-refractivity contribution in [3.05, 3.63) is 24.3 Å². The number of aliphatic hydroxyl groups is 7. The second-order valence-corrected chi connectivity index (χ2v) is 17.5. The van der Waals surface area contributed by atoms with Gasteiger partial charge in [-0.05, 0) is 44.9 Å². The summed E-state index contributed by atoms with van der Waals surface area (Å²) in [6.45, 7) is 3.42. The number of carbonyl (C=O) groups excluding carboxylic acids is 1. The molecule has 0 aromatic heterocycles. The Morgan fingerprint density at radius 2 is 1.02 bits per heavy atom. The van der Waals surface area contributed by atoms with Crippen molar-refractivity contribution in [3.8, 4) is 0 Å². The minimum atomic E-state index is -1.66. The molecule has 1 fully saturated rings. The third-order valence-corrected chi connectivity index (χ3v) is 12.0. The number of hydrogen-bond donors (Lipinski definition) is 8. The summed E-state index contributed by atoms with van der Waals surface area (Å²) in [4.78, 5) is 13.1. The zero-order chi connectivity index (χ0) is 44.1. The second-order valence-electron chi connectivity index (χ2n) is 17.5. The van der Waals surface area contributed by atoms with E-state index in [2.05, 4.69) is 43.5 Å². The number of hydrogen-bond acceptors (Lipinski definition) is 10. The molecule has 0 radical (unpaired) electrons. The highest BCUT2D eigenvalue weighted by atomic mass is 16.7. The van der Waals surface area contributed by atoms with Crippen LogP contribution in [0.1, 0.15) is 213 Å². The lowest BCUT2D eigenvalue weighted by molar-refractivity contribution is -0.303. The number of nitrogens with one attached hydrogen (secondary N) is 1. The maximum absolute atomic E-state index is 13.1. The quantitative estimate of drug-likeness (QED) is 0.0218. The summed E-state index contributed by atoms with van der Waals surface area (Å²) >= 11 is 0. The number of unbranched alkanes of at least 4 members (excludes halogenated alkanes) is 25. The van der Waals surface area contributed by atoms with Crippen molar-refractivity contribution in [1.29, 1.82) is 0 Å². The number of allylic oxidation sites excluding steroid dienone is 4. The van der Waals surface area contributed by atoms with Gasteiger partial charge in [-0.25, -0.2) is 0 Å². The van der Waals surface area contributed by atoms with Crippen LogP contribution < -0.4 is 5.32 Å². The van der Waals surface area contributed by atoms with E-state index in [9.17, 15) is 40.5 Å². The number of rotatable bonds is 41. The van der Waals surface area contributed by atoms with E-state index in [4.69, 9.17) is 9.47 Å². The molecular weight excluding hydrogens is 763 g/mol. The van der Waals surface area contributed by atoms with Gasteiger partial charge in [0.05, 0.1) is 25.4 Å². The average molecular weight is 856 g/mol. The molecule has 60 heavy (non-hydrogen) atoms. The lowest BCUT2D eigenvalue weighted by Gasteiger charge is -2.40. The van der Waals surface area contributed by atoms with Gasteiger partial charge in [0.1, 0.15) is 36.6 Å². The third kappa shape index (κ3) is 28.3. The molecule has 11 heteroatoms. The van der Waals surface area contributed by atoms with Crippen molar-refractivity contribution >= 4 is 5.91 Å². The normalized spacial score (nSPS) is 21.8. The monoisotopic (exact) mass is 856 g/mol. The van der Waals surface area contributed by atoms with Crippen LogP contribution in [0.5, 0.6) is 0 Å². The van der Waals surface area contributed by atoms with Gasteiger partial charge in [0, 0.05) is 0 Å². The van der Waals surface area contributed by atoms with Crippen LogP contribution in [-0.2, 0) is 14.3 Å². The van der Waals surface area contributed by atoms with Gasteiger partial charge in [-0.1, -0.05) is 192 Å². The van der Waals surface area contributed by atoms with E-state index in [-0.39, 0.29) is 6.42 Å². The Hall–Kier alpha value is -1.41. The predicted octanol–water partition coefficient (Wildman–Crippen LogP) is 8.62. The minimum absolute atomic E-state index is 0.249. The van der Waals surface area contributed by atoms with Gasteiger partial charge < -0.3 is 50.5 Å². The number of amides is 1. The van der Waals surface area contributed by atoms with Gasteiger partial charge in [0.2, 0.25) is 5.91 Å². The summed E-state index contributed by atoms with van der Waals surface area (Å²) < 4.78 is 11.1. The van der Waals surface area contributed by atoms with E-state index < -0.39 is 74.2 Å². The Bertz CT molecular complexity index is 1030. The third-order valence-electron chi connectivity index (χ3n) is 12.0. The summed E-state index contributed by atoms with van der Waals surface area (Å²) in [5.41, 5.74) is 0. The highest BCUT2D eigenvalue weighted by Crippen LogP contribution is 2.23. The molecule has 354 valence electrons. The molecule has 8 N–H and O–H groups in total. The molecule has 0 aromatic carbocycles. The molecular formula is C49H93NO10. The molecule has 0 spiro atoms. The van der Waals surface area contributed by atoms with E-state index in [0.29, 0.717) is 19.3 Å². The predicted molar refractivity (Wildman–Crippen MR) is 242 cm³/mol. The highest BCUT2D eigenvalue weighted by Gasteiger charge is 2.44. The van der Waals surface area contributed by atoms with Gasteiger partial charge >= 0.3 is 0 Å². The summed E-state index contributed by atoms with van der Waals surface area (Å²) in [6.07, 6.45) is 32.3. The van der Waals surface area contributed by atoms with Crippen LogP contribution in [-0.4, -0.2) is 110 Å². The number of aliphatic hydroxyl groups excluding tert-OH is 7. The standard InChI is InChI=1S/C49H93NO10/c1-3-5-7-9-11-13-15-16-17-18-19-20-21-22-23-24-25-27-29-31-33-35-37-42(53)48(58)50-40(39-59-49-47(57)46(56)45(55)43(38-51)60-49)44(54)41(52)36-34-32-30-28-26-14-12-10-8-6-4-2/h19-20,22-23,40-47,49,51-57H,3-18,21,24-39H2,1-2H3,(H,50,58)/b20-19-,23-22-. The second kappa shape index (κ2) is 39.2. The van der Waals surface area contributed by atoms with Crippen LogP contribution >= 0.6 is 0 Å². The molecule has 0 saturated carbocycles. The zero-order valence-corrected chi connectivity index (χ0v) is 38.2. The molecule has 0 bridgehead atoms. The lowest BCUT2D eigenvalue weighted by Crippen LogP contribution is -2.60. The average Bonchev–Trinajstić information content (AvgIpc) is 3.25. The first kappa shape index (κ1) is 56.6. The Morgan fingerprint density at radius 1 is 0.583 bits per heavy atom. The molecule has 1 aliphatic rings. The first-order valence-electron chi connectivity index (χ1n) is 24.7.